The fourth-order valence-electron chi connectivity index (χ4n) is 3.39. The molecule has 2 unspecified atom stereocenters. The molecule has 1 aromatic heterocycles. The second kappa shape index (κ2) is 7.13. The molecule has 0 amide bonds. The summed E-state index contributed by atoms with van der Waals surface area (Å²) in [6.45, 7) is 11.5. The van der Waals surface area contributed by atoms with Crippen molar-refractivity contribution in [3.8, 4) is 0 Å². The highest BCUT2D eigenvalue weighted by atomic mass is 16.5. The number of nitrogens with zero attached hydrogens (tertiary/aromatic N) is 2. The zero-order valence-electron chi connectivity index (χ0n) is 16.1. The molecule has 0 bridgehead atoms. The van der Waals surface area contributed by atoms with Gasteiger partial charge in [-0.15, -0.1) is 0 Å². The first-order valence-electron chi connectivity index (χ1n) is 8.81. The number of aryl methyl sites for hydroxylation is 2. The van der Waals surface area contributed by atoms with Crippen LogP contribution in [0.1, 0.15) is 58.1 Å². The highest BCUT2D eigenvalue weighted by Gasteiger charge is 2.58. The first-order valence-corrected chi connectivity index (χ1v) is 8.81. The number of aliphatic imine (C=N–C) groups is 1. The second-order valence-electron chi connectivity index (χ2n) is 7.22. The lowest BCUT2D eigenvalue weighted by molar-refractivity contribution is -0.176. The molecular weight excluding hydrogens is 304 g/mol. The van der Waals surface area contributed by atoms with Crippen molar-refractivity contribution in [1.82, 2.24) is 15.8 Å². The molecule has 1 aliphatic carbocycles. The molecule has 1 heterocycles. The summed E-state index contributed by atoms with van der Waals surface area (Å²) in [5.41, 5.74) is 2.12. The third kappa shape index (κ3) is 3.16. The fraction of sp³-hybridized carbons (Fsp3) is 0.778. The van der Waals surface area contributed by atoms with Gasteiger partial charge in [-0.3, -0.25) is 4.99 Å². The first-order chi connectivity index (χ1) is 11.3. The molecule has 1 aliphatic rings. The molecule has 2 N–H and O–H groups in total. The SMILES string of the molecule is CCc1noc(CC)c1CNC(=NC)NC1CC(C)(OC)C1(C)C. The van der Waals surface area contributed by atoms with Gasteiger partial charge in [-0.2, -0.15) is 0 Å². The molecule has 2 rings (SSSR count). The summed E-state index contributed by atoms with van der Waals surface area (Å²) >= 11 is 0. The van der Waals surface area contributed by atoms with E-state index in [1.807, 2.05) is 0 Å². The Hall–Kier alpha value is -1.56. The molecule has 1 fully saturated rings. The second-order valence-corrected chi connectivity index (χ2v) is 7.22. The number of hydrogen-bond acceptors (Lipinski definition) is 4. The van der Waals surface area contributed by atoms with Gasteiger partial charge in [0.25, 0.3) is 0 Å². The molecular formula is C18H32N4O2. The van der Waals surface area contributed by atoms with Crippen LogP contribution in [0.15, 0.2) is 9.52 Å². The van der Waals surface area contributed by atoms with Gasteiger partial charge in [0.1, 0.15) is 5.76 Å². The monoisotopic (exact) mass is 336 g/mol. The average molecular weight is 336 g/mol. The highest BCUT2D eigenvalue weighted by molar-refractivity contribution is 5.80. The van der Waals surface area contributed by atoms with E-state index in [0.717, 1.165) is 42.2 Å². The minimum Gasteiger partial charge on any atom is -0.378 e. The Morgan fingerprint density at radius 2 is 2.04 bits per heavy atom. The number of guanidine groups is 1. The molecule has 1 aromatic rings. The van der Waals surface area contributed by atoms with Crippen molar-refractivity contribution in [3.63, 3.8) is 0 Å². The summed E-state index contributed by atoms with van der Waals surface area (Å²) in [6, 6.07) is 0.326. The van der Waals surface area contributed by atoms with E-state index in [9.17, 15) is 0 Å². The molecule has 0 aliphatic heterocycles. The number of aromatic nitrogens is 1. The summed E-state index contributed by atoms with van der Waals surface area (Å²) in [7, 11) is 3.58. The van der Waals surface area contributed by atoms with E-state index in [1.165, 1.54) is 0 Å². The molecule has 0 aromatic carbocycles. The summed E-state index contributed by atoms with van der Waals surface area (Å²) in [5.74, 6) is 1.75. The predicted octanol–water partition coefficient (Wildman–Crippen LogP) is 2.67. The van der Waals surface area contributed by atoms with Crippen molar-refractivity contribution >= 4 is 5.96 Å². The van der Waals surface area contributed by atoms with E-state index in [4.69, 9.17) is 9.26 Å². The molecule has 0 radical (unpaired) electrons. The molecule has 0 spiro atoms. The Labute approximate surface area is 145 Å². The van der Waals surface area contributed by atoms with E-state index in [1.54, 1.807) is 14.2 Å². The summed E-state index contributed by atoms with van der Waals surface area (Å²) < 4.78 is 11.1. The van der Waals surface area contributed by atoms with Crippen LogP contribution in [0, 0.1) is 5.41 Å². The van der Waals surface area contributed by atoms with E-state index in [-0.39, 0.29) is 11.0 Å². The lowest BCUT2D eigenvalue weighted by atomic mass is 9.56. The Balaban J connectivity index is 1.99. The standard InChI is InChI=1S/C18H32N4O2/c1-8-13-12(14(9-2)24-22-13)11-20-16(19-6)21-15-10-18(5,23-7)17(15,3)4/h15H,8-11H2,1-7H3,(H2,19,20,21). The van der Waals surface area contributed by atoms with Crippen LogP contribution < -0.4 is 10.6 Å². The zero-order valence-corrected chi connectivity index (χ0v) is 16.1. The van der Waals surface area contributed by atoms with Crippen LogP contribution in [0.2, 0.25) is 0 Å². The van der Waals surface area contributed by atoms with E-state index in [0.29, 0.717) is 12.6 Å². The molecule has 6 nitrogen and oxygen atoms in total. The van der Waals surface area contributed by atoms with Gasteiger partial charge >= 0.3 is 0 Å². The highest BCUT2D eigenvalue weighted by Crippen LogP contribution is 2.51. The number of methoxy groups -OCH3 is 1. The Kier molecular flexibility index (Phi) is 5.58. The number of rotatable bonds is 6. The van der Waals surface area contributed by atoms with Crippen LogP contribution in [0.3, 0.4) is 0 Å². The maximum Gasteiger partial charge on any atom is 0.191 e. The van der Waals surface area contributed by atoms with Crippen molar-refractivity contribution in [2.24, 2.45) is 10.4 Å². The van der Waals surface area contributed by atoms with Crippen molar-refractivity contribution in [1.29, 1.82) is 0 Å². The van der Waals surface area contributed by atoms with E-state index < -0.39 is 0 Å². The smallest absolute Gasteiger partial charge is 0.191 e. The number of nitrogens with one attached hydrogen (secondary N) is 2. The Morgan fingerprint density at radius 1 is 1.33 bits per heavy atom. The zero-order chi connectivity index (χ0) is 18.0. The van der Waals surface area contributed by atoms with Gasteiger partial charge in [0, 0.05) is 44.1 Å². The van der Waals surface area contributed by atoms with Gasteiger partial charge in [0.2, 0.25) is 0 Å². The maximum absolute atomic E-state index is 5.69. The third-order valence-electron chi connectivity index (χ3n) is 5.85. The molecule has 136 valence electrons. The predicted molar refractivity (Wildman–Crippen MR) is 96.2 cm³/mol. The fourth-order valence-corrected chi connectivity index (χ4v) is 3.39. The normalized spacial score (nSPS) is 26.1. The topological polar surface area (TPSA) is 71.7 Å². The van der Waals surface area contributed by atoms with Crippen molar-refractivity contribution in [2.75, 3.05) is 14.2 Å². The summed E-state index contributed by atoms with van der Waals surface area (Å²) in [5, 5.41) is 11.1. The largest absolute Gasteiger partial charge is 0.378 e. The van der Waals surface area contributed by atoms with Gasteiger partial charge in [0.15, 0.2) is 5.96 Å². The van der Waals surface area contributed by atoms with Crippen LogP contribution in [0.5, 0.6) is 0 Å². The third-order valence-corrected chi connectivity index (χ3v) is 5.85. The van der Waals surface area contributed by atoms with Gasteiger partial charge in [0.05, 0.1) is 11.3 Å². The van der Waals surface area contributed by atoms with E-state index >= 15 is 0 Å². The Bertz CT molecular complexity index is 572. The minimum atomic E-state index is -0.0945. The lowest BCUT2D eigenvalue weighted by Crippen LogP contribution is -2.69. The molecule has 0 saturated heterocycles. The van der Waals surface area contributed by atoms with E-state index in [2.05, 4.69) is 55.4 Å². The van der Waals surface area contributed by atoms with Gasteiger partial charge in [-0.05, 0) is 19.8 Å². The number of ether oxygens (including phenoxy) is 1. The van der Waals surface area contributed by atoms with Gasteiger partial charge in [-0.25, -0.2) is 0 Å². The average Bonchev–Trinajstić information content (AvgIpc) is 2.99. The molecule has 24 heavy (non-hydrogen) atoms. The van der Waals surface area contributed by atoms with Crippen LogP contribution in [0.25, 0.3) is 0 Å². The summed E-state index contributed by atoms with van der Waals surface area (Å²) in [6.07, 6.45) is 2.68. The molecule has 6 heteroatoms. The molecule has 2 atom stereocenters. The van der Waals surface area contributed by atoms with Crippen LogP contribution in [-0.2, 0) is 24.1 Å². The Morgan fingerprint density at radius 3 is 2.54 bits per heavy atom. The van der Waals surface area contributed by atoms with Crippen LogP contribution in [0.4, 0.5) is 0 Å². The maximum atomic E-state index is 5.69. The lowest BCUT2D eigenvalue weighted by Gasteiger charge is -2.59. The quantitative estimate of drug-likeness (QED) is 0.617. The number of hydrogen-bond donors (Lipinski definition) is 2. The van der Waals surface area contributed by atoms with Crippen molar-refractivity contribution in [2.45, 2.75) is 72.1 Å². The van der Waals surface area contributed by atoms with Crippen molar-refractivity contribution < 1.29 is 9.26 Å². The van der Waals surface area contributed by atoms with Crippen LogP contribution >= 0.6 is 0 Å². The summed E-state index contributed by atoms with van der Waals surface area (Å²) in [4.78, 5) is 4.36. The molecule has 1 saturated carbocycles. The van der Waals surface area contributed by atoms with Gasteiger partial charge in [-0.1, -0.05) is 32.9 Å². The first kappa shape index (κ1) is 18.8. The van der Waals surface area contributed by atoms with Crippen molar-refractivity contribution in [3.05, 3.63) is 17.0 Å². The van der Waals surface area contributed by atoms with Crippen LogP contribution in [-0.4, -0.2) is 36.9 Å². The van der Waals surface area contributed by atoms with Gasteiger partial charge < -0.3 is 19.9 Å². The minimum absolute atomic E-state index is 0.0414.